The van der Waals surface area contributed by atoms with E-state index in [4.69, 9.17) is 0 Å². The molecule has 0 aromatic heterocycles. The van der Waals surface area contributed by atoms with Crippen LogP contribution < -0.4 is 0 Å². The molecule has 0 bridgehead atoms. The molecule has 19 heavy (non-hydrogen) atoms. The standard InChI is InChI=1S/C14H10F2O2S/c15-11-6-4-10(5-7-11)14(17)9-19(18)13-3-1-2-12(16)8-13/h1-8H,9H2. The average molecular weight is 280 g/mol. The lowest BCUT2D eigenvalue weighted by Crippen LogP contribution is -2.11. The van der Waals surface area contributed by atoms with Crippen molar-refractivity contribution in [1.82, 2.24) is 0 Å². The van der Waals surface area contributed by atoms with Crippen molar-refractivity contribution in [2.24, 2.45) is 0 Å². The predicted octanol–water partition coefficient (Wildman–Crippen LogP) is 2.96. The first-order chi connectivity index (χ1) is 9.06. The molecule has 0 aliphatic heterocycles. The van der Waals surface area contributed by atoms with E-state index in [0.717, 1.165) is 6.07 Å². The summed E-state index contributed by atoms with van der Waals surface area (Å²) in [4.78, 5) is 12.1. The van der Waals surface area contributed by atoms with E-state index in [2.05, 4.69) is 0 Å². The molecule has 0 aliphatic rings. The summed E-state index contributed by atoms with van der Waals surface area (Å²) in [6, 6.07) is 10.3. The third kappa shape index (κ3) is 3.54. The van der Waals surface area contributed by atoms with Gasteiger partial charge in [0, 0.05) is 10.5 Å². The van der Waals surface area contributed by atoms with Crippen LogP contribution in [0.1, 0.15) is 10.4 Å². The van der Waals surface area contributed by atoms with Crippen LogP contribution in [0.4, 0.5) is 8.78 Å². The van der Waals surface area contributed by atoms with Crippen LogP contribution in [-0.4, -0.2) is 15.7 Å². The molecule has 0 saturated carbocycles. The Morgan fingerprint density at radius 3 is 2.32 bits per heavy atom. The Morgan fingerprint density at radius 2 is 1.68 bits per heavy atom. The minimum atomic E-state index is -1.61. The van der Waals surface area contributed by atoms with Crippen LogP contribution >= 0.6 is 0 Å². The molecule has 0 radical (unpaired) electrons. The summed E-state index contributed by atoms with van der Waals surface area (Å²) in [5.41, 5.74) is 0.283. The topological polar surface area (TPSA) is 34.1 Å². The van der Waals surface area contributed by atoms with Crippen LogP contribution in [0.5, 0.6) is 0 Å². The highest BCUT2D eigenvalue weighted by Crippen LogP contribution is 2.11. The molecule has 2 nitrogen and oxygen atoms in total. The highest BCUT2D eigenvalue weighted by atomic mass is 32.2. The smallest absolute Gasteiger partial charge is 0.175 e. The zero-order valence-corrected chi connectivity index (χ0v) is 10.6. The second kappa shape index (κ2) is 5.84. The fourth-order valence-electron chi connectivity index (χ4n) is 1.53. The maximum atomic E-state index is 13.0. The molecule has 98 valence electrons. The average Bonchev–Trinajstić information content (AvgIpc) is 2.39. The molecule has 0 spiro atoms. The maximum absolute atomic E-state index is 13.0. The van der Waals surface area contributed by atoms with Crippen LogP contribution in [0, 0.1) is 11.6 Å². The van der Waals surface area contributed by atoms with Crippen molar-refractivity contribution in [1.29, 1.82) is 0 Å². The van der Waals surface area contributed by atoms with Gasteiger partial charge in [0.15, 0.2) is 5.78 Å². The zero-order valence-electron chi connectivity index (χ0n) is 9.81. The number of halogens is 2. The van der Waals surface area contributed by atoms with Crippen LogP contribution in [-0.2, 0) is 10.8 Å². The second-order valence-electron chi connectivity index (χ2n) is 3.88. The molecule has 0 fully saturated rings. The van der Waals surface area contributed by atoms with Gasteiger partial charge in [0.2, 0.25) is 0 Å². The molecule has 1 atom stereocenters. The number of carbonyl (C=O) groups excluding carboxylic acids is 1. The van der Waals surface area contributed by atoms with Gasteiger partial charge >= 0.3 is 0 Å². The van der Waals surface area contributed by atoms with Crippen LogP contribution in [0.2, 0.25) is 0 Å². The quantitative estimate of drug-likeness (QED) is 0.807. The molecular formula is C14H10F2O2S. The van der Waals surface area contributed by atoms with Gasteiger partial charge in [-0.1, -0.05) is 6.07 Å². The highest BCUT2D eigenvalue weighted by molar-refractivity contribution is 7.85. The Kier molecular flexibility index (Phi) is 4.16. The number of carbonyl (C=O) groups is 1. The van der Waals surface area contributed by atoms with Gasteiger partial charge in [-0.3, -0.25) is 9.00 Å². The molecule has 0 aliphatic carbocycles. The Bertz CT molecular complexity index is 624. The van der Waals surface area contributed by atoms with E-state index in [1.807, 2.05) is 0 Å². The van der Waals surface area contributed by atoms with Gasteiger partial charge in [-0.05, 0) is 42.5 Å². The van der Waals surface area contributed by atoms with Gasteiger partial charge in [0.1, 0.15) is 11.6 Å². The first-order valence-corrected chi connectivity index (χ1v) is 6.81. The van der Waals surface area contributed by atoms with Crippen LogP contribution in [0.25, 0.3) is 0 Å². The van der Waals surface area contributed by atoms with Crippen LogP contribution in [0.15, 0.2) is 53.4 Å². The van der Waals surface area contributed by atoms with E-state index in [9.17, 15) is 17.8 Å². The summed E-state index contributed by atoms with van der Waals surface area (Å²) in [6.45, 7) is 0. The number of Topliss-reactive ketones (excluding diaryl/α,β-unsaturated/α-hetero) is 1. The van der Waals surface area contributed by atoms with Gasteiger partial charge in [0.05, 0.1) is 16.6 Å². The van der Waals surface area contributed by atoms with Gasteiger partial charge < -0.3 is 0 Å². The minimum absolute atomic E-state index is 0.255. The van der Waals surface area contributed by atoms with Gasteiger partial charge in [-0.2, -0.15) is 0 Å². The van der Waals surface area contributed by atoms with Gasteiger partial charge in [-0.25, -0.2) is 8.78 Å². The molecular weight excluding hydrogens is 270 g/mol. The third-order valence-electron chi connectivity index (χ3n) is 2.49. The number of hydrogen-bond acceptors (Lipinski definition) is 2. The van der Waals surface area contributed by atoms with E-state index in [1.54, 1.807) is 0 Å². The van der Waals surface area contributed by atoms with E-state index < -0.39 is 22.4 Å². The monoisotopic (exact) mass is 280 g/mol. The lowest BCUT2D eigenvalue weighted by atomic mass is 10.1. The number of benzene rings is 2. The number of ketones is 1. The fraction of sp³-hybridized carbons (Fsp3) is 0.0714. The van der Waals surface area contributed by atoms with Crippen molar-refractivity contribution >= 4 is 16.6 Å². The van der Waals surface area contributed by atoms with Crippen molar-refractivity contribution in [3.63, 3.8) is 0 Å². The lowest BCUT2D eigenvalue weighted by molar-refractivity contribution is 0.102. The van der Waals surface area contributed by atoms with E-state index in [0.29, 0.717) is 0 Å². The lowest BCUT2D eigenvalue weighted by Gasteiger charge is -2.02. The molecule has 1 unspecified atom stereocenters. The van der Waals surface area contributed by atoms with Gasteiger partial charge in [-0.15, -0.1) is 0 Å². The fourth-order valence-corrected chi connectivity index (χ4v) is 2.58. The summed E-state index contributed by atoms with van der Waals surface area (Å²) in [7, 11) is -1.61. The summed E-state index contributed by atoms with van der Waals surface area (Å²) in [5.74, 6) is -1.57. The van der Waals surface area contributed by atoms with E-state index >= 15 is 0 Å². The van der Waals surface area contributed by atoms with Crippen molar-refractivity contribution in [3.05, 3.63) is 65.7 Å². The molecule has 2 rings (SSSR count). The number of hydrogen-bond donors (Lipinski definition) is 0. The largest absolute Gasteiger partial charge is 0.293 e. The Hall–Kier alpha value is -1.88. The minimum Gasteiger partial charge on any atom is -0.293 e. The molecule has 0 amide bonds. The third-order valence-corrected chi connectivity index (χ3v) is 3.79. The first kappa shape index (κ1) is 13.5. The highest BCUT2D eigenvalue weighted by Gasteiger charge is 2.12. The molecule has 2 aromatic carbocycles. The molecule has 0 heterocycles. The summed E-state index contributed by atoms with van der Waals surface area (Å²) in [6.07, 6.45) is 0. The van der Waals surface area contributed by atoms with E-state index in [1.165, 1.54) is 42.5 Å². The second-order valence-corrected chi connectivity index (χ2v) is 5.33. The predicted molar refractivity (Wildman–Crippen MR) is 68.4 cm³/mol. The molecule has 0 saturated heterocycles. The van der Waals surface area contributed by atoms with Crippen molar-refractivity contribution in [2.45, 2.75) is 4.90 Å². The molecule has 2 aromatic rings. The normalized spacial score (nSPS) is 12.1. The summed E-state index contributed by atoms with van der Waals surface area (Å²) >= 11 is 0. The van der Waals surface area contributed by atoms with Crippen molar-refractivity contribution in [3.8, 4) is 0 Å². The Labute approximate surface area is 111 Å². The van der Waals surface area contributed by atoms with Crippen LogP contribution in [0.3, 0.4) is 0 Å². The van der Waals surface area contributed by atoms with Crippen molar-refractivity contribution < 1.29 is 17.8 Å². The molecule has 0 N–H and O–H groups in total. The summed E-state index contributed by atoms with van der Waals surface area (Å²) < 4.78 is 37.6. The van der Waals surface area contributed by atoms with Gasteiger partial charge in [0.25, 0.3) is 0 Å². The van der Waals surface area contributed by atoms with E-state index in [-0.39, 0.29) is 22.0 Å². The molecule has 5 heteroatoms. The first-order valence-electron chi connectivity index (χ1n) is 5.49. The zero-order chi connectivity index (χ0) is 13.8. The SMILES string of the molecule is O=C(CS(=O)c1cccc(F)c1)c1ccc(F)cc1. The summed E-state index contributed by atoms with van der Waals surface area (Å²) in [5, 5.41) is 0. The Morgan fingerprint density at radius 1 is 1.00 bits per heavy atom. The maximum Gasteiger partial charge on any atom is 0.175 e. The Balaban J connectivity index is 2.11. The van der Waals surface area contributed by atoms with Crippen molar-refractivity contribution in [2.75, 3.05) is 5.75 Å². The number of rotatable bonds is 4.